The van der Waals surface area contributed by atoms with Crippen LogP contribution in [-0.2, 0) is 14.0 Å². The molecule has 0 fully saturated rings. The second-order valence-corrected chi connectivity index (χ2v) is 15.5. The fraction of sp³-hybridized carbons (Fsp3) is 0.462. The molecule has 0 unspecified atom stereocenters. The summed E-state index contributed by atoms with van der Waals surface area (Å²) in [6, 6.07) is 16.2. The molecule has 2 atom stereocenters. The van der Waals surface area contributed by atoms with Gasteiger partial charge in [0.25, 0.3) is 0 Å². The molecule has 2 rings (SSSR count). The highest BCUT2D eigenvalue weighted by atomic mass is 28.4. The Morgan fingerprint density at radius 1 is 0.879 bits per heavy atom. The van der Waals surface area contributed by atoms with Crippen LogP contribution >= 0.6 is 0 Å². The molecular formula is C26H37NO5Si. The second-order valence-electron chi connectivity index (χ2n) is 10.7. The third-order valence-electron chi connectivity index (χ3n) is 5.82. The summed E-state index contributed by atoms with van der Waals surface area (Å²) in [5.74, 6) is -1.18. The fourth-order valence-corrected chi connectivity index (χ4v) is 4.28. The van der Waals surface area contributed by atoms with E-state index in [-0.39, 0.29) is 5.04 Å². The lowest BCUT2D eigenvalue weighted by molar-refractivity contribution is -0.142. The molecule has 33 heavy (non-hydrogen) atoms. The summed E-state index contributed by atoms with van der Waals surface area (Å²) in [5.41, 5.74) is 2.01. The summed E-state index contributed by atoms with van der Waals surface area (Å²) < 4.78 is 11.9. The van der Waals surface area contributed by atoms with Gasteiger partial charge >= 0.3 is 12.1 Å². The maximum Gasteiger partial charge on any atom is 0.408 e. The van der Waals surface area contributed by atoms with Gasteiger partial charge in [-0.1, -0.05) is 75.4 Å². The van der Waals surface area contributed by atoms with Crippen molar-refractivity contribution in [3.8, 4) is 11.1 Å². The largest absolute Gasteiger partial charge is 0.480 e. The first-order chi connectivity index (χ1) is 15.1. The van der Waals surface area contributed by atoms with E-state index in [1.54, 1.807) is 20.8 Å². The van der Waals surface area contributed by atoms with Crippen molar-refractivity contribution in [2.24, 2.45) is 0 Å². The Kier molecular flexibility index (Phi) is 8.14. The molecule has 7 heteroatoms. The average Bonchev–Trinajstić information content (AvgIpc) is 2.69. The molecule has 0 aliphatic carbocycles. The second kappa shape index (κ2) is 10.1. The van der Waals surface area contributed by atoms with Gasteiger partial charge in [-0.25, -0.2) is 9.59 Å². The molecule has 0 radical (unpaired) electrons. The van der Waals surface area contributed by atoms with E-state index >= 15 is 0 Å². The molecule has 6 nitrogen and oxygen atoms in total. The molecule has 2 aromatic rings. The molecule has 0 saturated heterocycles. The molecular weight excluding hydrogens is 434 g/mol. The number of amides is 1. The van der Waals surface area contributed by atoms with Crippen LogP contribution in [0.2, 0.25) is 18.1 Å². The number of carboxylic acid groups (broad SMARTS) is 1. The van der Waals surface area contributed by atoms with Gasteiger partial charge < -0.3 is 19.6 Å². The van der Waals surface area contributed by atoms with E-state index in [1.807, 2.05) is 54.6 Å². The molecule has 0 aromatic heterocycles. The van der Waals surface area contributed by atoms with Gasteiger partial charge in [-0.05, 0) is 55.6 Å². The normalized spacial score (nSPS) is 14.3. The van der Waals surface area contributed by atoms with E-state index in [0.29, 0.717) is 5.56 Å². The summed E-state index contributed by atoms with van der Waals surface area (Å²) >= 11 is 0. The molecule has 0 heterocycles. The van der Waals surface area contributed by atoms with Crippen LogP contribution < -0.4 is 5.32 Å². The number of rotatable bonds is 7. The predicted molar refractivity (Wildman–Crippen MR) is 134 cm³/mol. The van der Waals surface area contributed by atoms with Crippen LogP contribution in [0, 0.1) is 0 Å². The molecule has 0 spiro atoms. The zero-order valence-corrected chi connectivity index (χ0v) is 21.9. The third-order valence-corrected chi connectivity index (χ3v) is 10.3. The molecule has 2 aromatic carbocycles. The van der Waals surface area contributed by atoms with Gasteiger partial charge in [0.1, 0.15) is 11.7 Å². The lowest BCUT2D eigenvalue weighted by Gasteiger charge is -2.41. The van der Waals surface area contributed by atoms with E-state index in [1.165, 1.54) is 0 Å². The highest BCUT2D eigenvalue weighted by Gasteiger charge is 2.43. The highest BCUT2D eigenvalue weighted by Crippen LogP contribution is 2.41. The number of nitrogens with one attached hydrogen (secondary N) is 1. The number of hydrogen-bond donors (Lipinski definition) is 2. The standard InChI is InChI=1S/C26H37NO5Si/c1-25(2,3)31-24(30)27-21(23(28)29)22(32-33(7,8)26(4,5)6)20-16-14-19(15-17-20)18-12-10-9-11-13-18/h9-17,21-22H,1-8H3,(H,27,30)(H,28,29)/t21-,22-/m1/s1. The predicted octanol–water partition coefficient (Wildman–Crippen LogP) is 6.39. The number of carbonyl (C=O) groups is 2. The van der Waals surface area contributed by atoms with Crippen LogP contribution in [0.3, 0.4) is 0 Å². The third kappa shape index (κ3) is 7.44. The zero-order valence-electron chi connectivity index (χ0n) is 20.9. The van der Waals surface area contributed by atoms with Crippen molar-refractivity contribution in [3.63, 3.8) is 0 Å². The molecule has 2 N–H and O–H groups in total. The summed E-state index contributed by atoms with van der Waals surface area (Å²) in [7, 11) is -2.39. The Morgan fingerprint density at radius 3 is 1.85 bits per heavy atom. The minimum Gasteiger partial charge on any atom is -0.480 e. The van der Waals surface area contributed by atoms with Crippen LogP contribution in [0.4, 0.5) is 4.79 Å². The summed E-state index contributed by atoms with van der Waals surface area (Å²) in [5, 5.41) is 12.4. The van der Waals surface area contributed by atoms with Crippen LogP contribution in [0.25, 0.3) is 11.1 Å². The number of carboxylic acids is 1. The Balaban J connectivity index is 2.45. The molecule has 1 amide bonds. The number of alkyl carbamates (subject to hydrolysis) is 1. The van der Waals surface area contributed by atoms with E-state index in [0.717, 1.165) is 11.1 Å². The number of aliphatic carboxylic acids is 1. The van der Waals surface area contributed by atoms with E-state index < -0.39 is 38.1 Å². The monoisotopic (exact) mass is 471 g/mol. The SMILES string of the molecule is CC(C)(C)OC(=O)N[C@@H](C(=O)O)[C@H](O[Si](C)(C)C(C)(C)C)c1ccc(-c2ccccc2)cc1. The summed E-state index contributed by atoms with van der Waals surface area (Å²) in [4.78, 5) is 24.8. The van der Waals surface area contributed by atoms with Gasteiger partial charge in [0.15, 0.2) is 14.4 Å². The minimum absolute atomic E-state index is 0.149. The Morgan fingerprint density at radius 2 is 1.39 bits per heavy atom. The number of ether oxygens (including phenoxy) is 1. The van der Waals surface area contributed by atoms with E-state index in [2.05, 4.69) is 39.2 Å². The van der Waals surface area contributed by atoms with Gasteiger partial charge in [-0.15, -0.1) is 0 Å². The Bertz CT molecular complexity index is 943. The first-order valence-electron chi connectivity index (χ1n) is 11.2. The van der Waals surface area contributed by atoms with Gasteiger partial charge in [-0.3, -0.25) is 0 Å². The van der Waals surface area contributed by atoms with Crippen molar-refractivity contribution >= 4 is 20.4 Å². The summed E-state index contributed by atoms with van der Waals surface area (Å²) in [6.45, 7) is 15.6. The molecule has 0 saturated carbocycles. The van der Waals surface area contributed by atoms with Crippen molar-refractivity contribution in [2.75, 3.05) is 0 Å². The number of benzene rings is 2. The van der Waals surface area contributed by atoms with Crippen LogP contribution in [-0.4, -0.2) is 37.1 Å². The van der Waals surface area contributed by atoms with Gasteiger partial charge in [0.05, 0.1) is 0 Å². The molecule has 0 aliphatic heterocycles. The minimum atomic E-state index is -2.39. The first-order valence-corrected chi connectivity index (χ1v) is 14.1. The van der Waals surface area contributed by atoms with E-state index in [9.17, 15) is 14.7 Å². The van der Waals surface area contributed by atoms with Crippen LogP contribution in [0.15, 0.2) is 54.6 Å². The number of hydrogen-bond acceptors (Lipinski definition) is 4. The maximum absolute atomic E-state index is 12.5. The van der Waals surface area contributed by atoms with Crippen molar-refractivity contribution in [2.45, 2.75) is 77.4 Å². The van der Waals surface area contributed by atoms with Crippen molar-refractivity contribution in [3.05, 3.63) is 60.2 Å². The highest BCUT2D eigenvalue weighted by molar-refractivity contribution is 6.74. The Labute approximate surface area is 198 Å². The summed E-state index contributed by atoms with van der Waals surface area (Å²) in [6.07, 6.45) is -1.67. The lowest BCUT2D eigenvalue weighted by atomic mass is 9.98. The van der Waals surface area contributed by atoms with Crippen molar-refractivity contribution in [1.82, 2.24) is 5.32 Å². The molecule has 180 valence electrons. The zero-order chi connectivity index (χ0) is 25.0. The quantitative estimate of drug-likeness (QED) is 0.457. The smallest absolute Gasteiger partial charge is 0.408 e. The lowest BCUT2D eigenvalue weighted by Crippen LogP contribution is -2.51. The number of carbonyl (C=O) groups excluding carboxylic acids is 1. The Hall–Kier alpha value is -2.64. The van der Waals surface area contributed by atoms with Gasteiger partial charge in [0, 0.05) is 0 Å². The van der Waals surface area contributed by atoms with Crippen LogP contribution in [0.1, 0.15) is 53.2 Å². The first kappa shape index (κ1) is 26.6. The average molecular weight is 472 g/mol. The van der Waals surface area contributed by atoms with E-state index in [4.69, 9.17) is 9.16 Å². The molecule has 0 aliphatic rings. The topological polar surface area (TPSA) is 84.9 Å². The van der Waals surface area contributed by atoms with Gasteiger partial charge in [0.2, 0.25) is 0 Å². The van der Waals surface area contributed by atoms with Crippen LogP contribution in [0.5, 0.6) is 0 Å². The van der Waals surface area contributed by atoms with Crippen molar-refractivity contribution in [1.29, 1.82) is 0 Å². The molecule has 0 bridgehead atoms. The fourth-order valence-electron chi connectivity index (χ4n) is 3.02. The van der Waals surface area contributed by atoms with Crippen molar-refractivity contribution < 1.29 is 23.9 Å². The van der Waals surface area contributed by atoms with Gasteiger partial charge in [-0.2, -0.15) is 0 Å². The maximum atomic E-state index is 12.5.